The minimum Gasteiger partial charge on any atom is -0.481 e. The first-order chi connectivity index (χ1) is 13.6. The molecule has 0 bridgehead atoms. The van der Waals surface area contributed by atoms with Crippen molar-refractivity contribution in [2.75, 3.05) is 19.0 Å². The number of methoxy groups -OCH3 is 1. The summed E-state index contributed by atoms with van der Waals surface area (Å²) in [5, 5.41) is 12.7. The molecule has 0 aromatic carbocycles. The Morgan fingerprint density at radius 2 is 1.86 bits per heavy atom. The highest BCUT2D eigenvalue weighted by atomic mass is 16.5. The van der Waals surface area contributed by atoms with Crippen LogP contribution in [-0.4, -0.2) is 39.7 Å². The summed E-state index contributed by atoms with van der Waals surface area (Å²) >= 11 is 0. The Bertz CT molecular complexity index is 722. The molecule has 0 radical (unpaired) electrons. The third-order valence-electron chi connectivity index (χ3n) is 4.62. The van der Waals surface area contributed by atoms with E-state index in [0.29, 0.717) is 12.0 Å². The molecule has 0 saturated carbocycles. The summed E-state index contributed by atoms with van der Waals surface area (Å²) in [6, 6.07) is 6.34. The van der Waals surface area contributed by atoms with E-state index in [1.807, 2.05) is 12.1 Å². The first kappa shape index (κ1) is 21.6. The molecule has 0 aliphatic carbocycles. The van der Waals surface area contributed by atoms with Gasteiger partial charge in [-0.3, -0.25) is 4.79 Å². The van der Waals surface area contributed by atoms with Gasteiger partial charge < -0.3 is 15.2 Å². The van der Waals surface area contributed by atoms with Crippen molar-refractivity contribution in [2.24, 2.45) is 0 Å². The van der Waals surface area contributed by atoms with Crippen molar-refractivity contribution in [2.45, 2.75) is 57.8 Å². The van der Waals surface area contributed by atoms with Crippen LogP contribution >= 0.6 is 0 Å². The number of aryl methyl sites for hydroxylation is 1. The number of rotatable bonds is 13. The zero-order valence-electron chi connectivity index (χ0n) is 16.7. The molecule has 2 heterocycles. The SMILES string of the molecule is CCNc1cccc(CCCCCCC[C@@H](C(=O)O)c2cnc(OC)nc2)n1. The van der Waals surface area contributed by atoms with E-state index in [2.05, 4.69) is 33.3 Å². The second-order valence-electron chi connectivity index (χ2n) is 6.74. The molecule has 152 valence electrons. The average molecular weight is 386 g/mol. The molecule has 2 N–H and O–H groups in total. The Morgan fingerprint density at radius 3 is 2.54 bits per heavy atom. The van der Waals surface area contributed by atoms with E-state index in [1.165, 1.54) is 7.11 Å². The minimum atomic E-state index is -0.833. The molecule has 28 heavy (non-hydrogen) atoms. The summed E-state index contributed by atoms with van der Waals surface area (Å²) in [6.45, 7) is 2.93. The maximum absolute atomic E-state index is 11.6. The molecule has 2 aromatic heterocycles. The normalized spacial score (nSPS) is 11.8. The summed E-state index contributed by atoms with van der Waals surface area (Å²) in [4.78, 5) is 24.2. The summed E-state index contributed by atoms with van der Waals surface area (Å²) in [7, 11) is 1.48. The number of anilines is 1. The molecule has 2 aromatic rings. The highest BCUT2D eigenvalue weighted by Crippen LogP contribution is 2.23. The van der Waals surface area contributed by atoms with E-state index in [-0.39, 0.29) is 6.01 Å². The predicted octanol–water partition coefficient (Wildman–Crippen LogP) is 4.06. The summed E-state index contributed by atoms with van der Waals surface area (Å²) in [5.74, 6) is -0.466. The molecule has 2 rings (SSSR count). The average Bonchev–Trinajstić information content (AvgIpc) is 2.70. The predicted molar refractivity (Wildman–Crippen MR) is 109 cm³/mol. The quantitative estimate of drug-likeness (QED) is 0.501. The van der Waals surface area contributed by atoms with Gasteiger partial charge in [-0.15, -0.1) is 0 Å². The van der Waals surface area contributed by atoms with E-state index in [9.17, 15) is 9.90 Å². The van der Waals surface area contributed by atoms with Gasteiger partial charge >= 0.3 is 12.0 Å². The summed E-state index contributed by atoms with van der Waals surface area (Å²) < 4.78 is 4.92. The van der Waals surface area contributed by atoms with Crippen LogP contribution in [0.3, 0.4) is 0 Å². The molecule has 1 atom stereocenters. The third-order valence-corrected chi connectivity index (χ3v) is 4.62. The molecule has 0 aliphatic rings. The number of carboxylic acids is 1. The molecular weight excluding hydrogens is 356 g/mol. The van der Waals surface area contributed by atoms with Crippen LogP contribution in [0.4, 0.5) is 5.82 Å². The maximum Gasteiger partial charge on any atom is 0.316 e. The molecule has 0 spiro atoms. The van der Waals surface area contributed by atoms with E-state index in [4.69, 9.17) is 4.74 Å². The van der Waals surface area contributed by atoms with Crippen molar-refractivity contribution in [1.82, 2.24) is 15.0 Å². The molecule has 0 saturated heterocycles. The van der Waals surface area contributed by atoms with Gasteiger partial charge in [0.25, 0.3) is 0 Å². The monoisotopic (exact) mass is 386 g/mol. The highest BCUT2D eigenvalue weighted by Gasteiger charge is 2.20. The zero-order valence-corrected chi connectivity index (χ0v) is 16.7. The number of aliphatic carboxylic acids is 1. The van der Waals surface area contributed by atoms with Crippen molar-refractivity contribution < 1.29 is 14.6 Å². The van der Waals surface area contributed by atoms with Crippen LogP contribution in [0, 0.1) is 0 Å². The van der Waals surface area contributed by atoms with Crippen molar-refractivity contribution in [3.63, 3.8) is 0 Å². The molecule has 7 nitrogen and oxygen atoms in total. The smallest absolute Gasteiger partial charge is 0.316 e. The molecular formula is C21H30N4O3. The van der Waals surface area contributed by atoms with Crippen LogP contribution < -0.4 is 10.1 Å². The number of pyridine rings is 1. The molecule has 0 fully saturated rings. The van der Waals surface area contributed by atoms with Crippen LogP contribution in [0.2, 0.25) is 0 Å². The lowest BCUT2D eigenvalue weighted by atomic mass is 9.95. The van der Waals surface area contributed by atoms with Crippen molar-refractivity contribution in [1.29, 1.82) is 0 Å². The van der Waals surface area contributed by atoms with E-state index < -0.39 is 11.9 Å². The first-order valence-corrected chi connectivity index (χ1v) is 9.92. The first-order valence-electron chi connectivity index (χ1n) is 9.92. The fourth-order valence-corrected chi connectivity index (χ4v) is 3.13. The van der Waals surface area contributed by atoms with Gasteiger partial charge in [0.2, 0.25) is 0 Å². The Morgan fingerprint density at radius 1 is 1.14 bits per heavy atom. The van der Waals surface area contributed by atoms with Gasteiger partial charge in [0.1, 0.15) is 5.82 Å². The van der Waals surface area contributed by atoms with E-state index >= 15 is 0 Å². The van der Waals surface area contributed by atoms with Crippen LogP contribution in [0.25, 0.3) is 0 Å². The van der Waals surface area contributed by atoms with Crippen molar-refractivity contribution in [3.05, 3.63) is 41.9 Å². The highest BCUT2D eigenvalue weighted by molar-refractivity contribution is 5.75. The van der Waals surface area contributed by atoms with E-state index in [1.54, 1.807) is 12.4 Å². The Kier molecular flexibility index (Phi) is 9.18. The fourth-order valence-electron chi connectivity index (χ4n) is 3.13. The number of nitrogens with zero attached hydrogens (tertiary/aromatic N) is 3. The number of hydrogen-bond donors (Lipinski definition) is 2. The van der Waals surface area contributed by atoms with Crippen LogP contribution in [-0.2, 0) is 11.2 Å². The van der Waals surface area contributed by atoms with Crippen molar-refractivity contribution in [3.8, 4) is 6.01 Å². The Labute approximate surface area is 166 Å². The largest absolute Gasteiger partial charge is 0.481 e. The fraction of sp³-hybridized carbons (Fsp3) is 0.524. The number of ether oxygens (including phenoxy) is 1. The number of carboxylic acid groups (broad SMARTS) is 1. The molecule has 7 heteroatoms. The van der Waals surface area contributed by atoms with Crippen LogP contribution in [0.5, 0.6) is 6.01 Å². The lowest BCUT2D eigenvalue weighted by Gasteiger charge is -2.12. The minimum absolute atomic E-state index is 0.249. The van der Waals surface area contributed by atoms with Crippen LogP contribution in [0.1, 0.15) is 62.6 Å². The lowest BCUT2D eigenvalue weighted by Crippen LogP contribution is -2.12. The van der Waals surface area contributed by atoms with Gasteiger partial charge in [-0.05, 0) is 38.3 Å². The van der Waals surface area contributed by atoms with Gasteiger partial charge in [0.05, 0.1) is 13.0 Å². The third kappa shape index (κ3) is 7.13. The number of unbranched alkanes of at least 4 members (excludes halogenated alkanes) is 4. The number of aromatic nitrogens is 3. The standard InChI is InChI=1S/C21H30N4O3/c1-3-22-19-13-9-11-17(25-19)10-7-5-4-6-8-12-18(20(26)27)16-14-23-21(28-2)24-15-16/h9,11,13-15,18H,3-8,10,12H2,1-2H3,(H,22,25)(H,26,27)/t18-/m1/s1. The van der Waals surface area contributed by atoms with Gasteiger partial charge in [-0.2, -0.15) is 0 Å². The van der Waals surface area contributed by atoms with Gasteiger partial charge in [0.15, 0.2) is 0 Å². The molecule has 0 aliphatic heterocycles. The topological polar surface area (TPSA) is 97.2 Å². The molecule has 0 unspecified atom stereocenters. The maximum atomic E-state index is 11.6. The second-order valence-corrected chi connectivity index (χ2v) is 6.74. The Balaban J connectivity index is 1.66. The zero-order chi connectivity index (χ0) is 20.2. The second kappa shape index (κ2) is 11.9. The van der Waals surface area contributed by atoms with E-state index in [0.717, 1.165) is 56.6 Å². The van der Waals surface area contributed by atoms with Crippen LogP contribution in [0.15, 0.2) is 30.6 Å². The number of hydrogen-bond acceptors (Lipinski definition) is 6. The summed E-state index contributed by atoms with van der Waals surface area (Å²) in [5.41, 5.74) is 1.74. The number of carbonyl (C=O) groups is 1. The van der Waals surface area contributed by atoms with Gasteiger partial charge in [-0.1, -0.05) is 31.7 Å². The lowest BCUT2D eigenvalue weighted by molar-refractivity contribution is -0.139. The van der Waals surface area contributed by atoms with Gasteiger partial charge in [-0.25, -0.2) is 15.0 Å². The summed E-state index contributed by atoms with van der Waals surface area (Å²) in [6.07, 6.45) is 9.85. The van der Waals surface area contributed by atoms with Crippen molar-refractivity contribution >= 4 is 11.8 Å². The Hall–Kier alpha value is -2.70. The molecule has 0 amide bonds. The van der Waals surface area contributed by atoms with Gasteiger partial charge in [0, 0.05) is 30.2 Å². The number of nitrogens with one attached hydrogen (secondary N) is 1.